The van der Waals surface area contributed by atoms with E-state index in [1.807, 2.05) is 6.92 Å². The van der Waals surface area contributed by atoms with Crippen molar-refractivity contribution in [3.8, 4) is 11.8 Å². The molecule has 0 fully saturated rings. The molecular formula is C21H16N2O6S2. The Morgan fingerprint density at radius 2 is 1.35 bits per heavy atom. The summed E-state index contributed by atoms with van der Waals surface area (Å²) in [5, 5.41) is 12.6. The van der Waals surface area contributed by atoms with Crippen molar-refractivity contribution >= 4 is 25.9 Å². The van der Waals surface area contributed by atoms with Crippen LogP contribution in [0.3, 0.4) is 0 Å². The largest absolute Gasteiger partial charge is 0.379 e. The first-order chi connectivity index (χ1) is 14.7. The van der Waals surface area contributed by atoms with Gasteiger partial charge in [0.25, 0.3) is 0 Å². The third-order valence-electron chi connectivity index (χ3n) is 4.01. The number of nitrogens with zero attached hydrogens (tertiary/aromatic N) is 2. The highest BCUT2D eigenvalue weighted by atomic mass is 32.2. The molecule has 0 bridgehead atoms. The molecule has 0 saturated heterocycles. The summed E-state index contributed by atoms with van der Waals surface area (Å²) in [5.74, 6) is -0.0787. The van der Waals surface area contributed by atoms with Crippen molar-refractivity contribution in [3.05, 3.63) is 90.0 Å². The van der Waals surface area contributed by atoms with E-state index in [-0.39, 0.29) is 21.3 Å². The van der Waals surface area contributed by atoms with E-state index < -0.39 is 20.2 Å². The van der Waals surface area contributed by atoms with E-state index in [9.17, 15) is 22.1 Å². The summed E-state index contributed by atoms with van der Waals surface area (Å²) in [7, 11) is -8.41. The third kappa shape index (κ3) is 5.48. The molecule has 3 rings (SSSR count). The lowest BCUT2D eigenvalue weighted by molar-refractivity contribution is 0.339. The fraction of sp³-hybridized carbons (Fsp3) is 0.0476. The summed E-state index contributed by atoms with van der Waals surface area (Å²) in [5.41, 5.74) is 1.07. The Morgan fingerprint density at radius 1 is 0.806 bits per heavy atom. The Morgan fingerprint density at radius 3 is 1.94 bits per heavy atom. The van der Waals surface area contributed by atoms with Gasteiger partial charge in [0.05, 0.1) is 0 Å². The van der Waals surface area contributed by atoms with Gasteiger partial charge in [-0.3, -0.25) is 4.28 Å². The quantitative estimate of drug-likeness (QED) is 0.303. The van der Waals surface area contributed by atoms with E-state index in [1.54, 1.807) is 48.5 Å². The van der Waals surface area contributed by atoms with Crippen LogP contribution in [0.5, 0.6) is 5.75 Å². The molecule has 0 aliphatic rings. The highest BCUT2D eigenvalue weighted by Gasteiger charge is 2.19. The number of oxime groups is 1. The van der Waals surface area contributed by atoms with Crippen molar-refractivity contribution in [2.24, 2.45) is 5.16 Å². The van der Waals surface area contributed by atoms with Crippen LogP contribution >= 0.6 is 0 Å². The van der Waals surface area contributed by atoms with Gasteiger partial charge in [-0.1, -0.05) is 53.2 Å². The third-order valence-corrected chi connectivity index (χ3v) is 6.39. The van der Waals surface area contributed by atoms with E-state index in [2.05, 4.69) is 9.44 Å². The zero-order valence-corrected chi connectivity index (χ0v) is 17.8. The molecule has 0 unspecified atom stereocenters. The maximum absolute atomic E-state index is 12.3. The molecule has 10 heteroatoms. The highest BCUT2D eigenvalue weighted by Crippen LogP contribution is 2.22. The van der Waals surface area contributed by atoms with Crippen molar-refractivity contribution in [2.45, 2.75) is 16.7 Å². The number of hydrogen-bond donors (Lipinski definition) is 0. The van der Waals surface area contributed by atoms with Crippen LogP contribution in [0, 0.1) is 18.3 Å². The molecule has 158 valence electrons. The monoisotopic (exact) mass is 456 g/mol. The lowest BCUT2D eigenvalue weighted by atomic mass is 10.1. The molecule has 8 nitrogen and oxygen atoms in total. The molecule has 0 radical (unpaired) electrons. The van der Waals surface area contributed by atoms with Crippen LogP contribution in [0.4, 0.5) is 0 Å². The van der Waals surface area contributed by atoms with Gasteiger partial charge >= 0.3 is 20.2 Å². The molecular weight excluding hydrogens is 440 g/mol. The molecule has 0 amide bonds. The predicted molar refractivity (Wildman–Crippen MR) is 112 cm³/mol. The lowest BCUT2D eigenvalue weighted by Gasteiger charge is -2.08. The van der Waals surface area contributed by atoms with Crippen molar-refractivity contribution in [3.63, 3.8) is 0 Å². The van der Waals surface area contributed by atoms with Gasteiger partial charge in [-0.25, -0.2) is 0 Å². The summed E-state index contributed by atoms with van der Waals surface area (Å²) in [6.45, 7) is 1.82. The summed E-state index contributed by atoms with van der Waals surface area (Å²) < 4.78 is 59.0. The molecule has 0 spiro atoms. The zero-order valence-electron chi connectivity index (χ0n) is 16.2. The second-order valence-electron chi connectivity index (χ2n) is 6.27. The normalized spacial score (nSPS) is 12.1. The second kappa shape index (κ2) is 8.99. The number of hydrogen-bond acceptors (Lipinski definition) is 8. The van der Waals surface area contributed by atoms with Gasteiger partial charge in [-0.15, -0.1) is 0 Å². The molecule has 0 N–H and O–H groups in total. The van der Waals surface area contributed by atoms with E-state index in [0.717, 1.165) is 17.7 Å². The first-order valence-electron chi connectivity index (χ1n) is 8.80. The number of nitriles is 1. The van der Waals surface area contributed by atoms with Crippen molar-refractivity contribution in [1.29, 1.82) is 5.26 Å². The first-order valence-corrected chi connectivity index (χ1v) is 11.6. The van der Waals surface area contributed by atoms with Crippen LogP contribution < -0.4 is 4.18 Å². The van der Waals surface area contributed by atoms with Gasteiger partial charge in [-0.05, 0) is 43.3 Å². The molecule has 0 aliphatic heterocycles. The maximum atomic E-state index is 12.3. The van der Waals surface area contributed by atoms with E-state index in [1.165, 1.54) is 24.3 Å². The topological polar surface area (TPSA) is 123 Å². The van der Waals surface area contributed by atoms with Gasteiger partial charge in [-0.2, -0.15) is 22.1 Å². The van der Waals surface area contributed by atoms with Crippen LogP contribution in [0.1, 0.15) is 11.1 Å². The molecule has 3 aromatic carbocycles. The fourth-order valence-electron chi connectivity index (χ4n) is 2.40. The van der Waals surface area contributed by atoms with E-state index >= 15 is 0 Å². The summed E-state index contributed by atoms with van der Waals surface area (Å²) in [4.78, 5) is -0.320. The van der Waals surface area contributed by atoms with E-state index in [4.69, 9.17) is 4.18 Å². The van der Waals surface area contributed by atoms with Crippen LogP contribution in [-0.4, -0.2) is 22.5 Å². The second-order valence-corrected chi connectivity index (χ2v) is 9.34. The fourth-order valence-corrected chi connectivity index (χ4v) is 4.06. The van der Waals surface area contributed by atoms with Gasteiger partial charge < -0.3 is 4.18 Å². The Labute approximate surface area is 180 Å². The average molecular weight is 457 g/mol. The molecule has 31 heavy (non-hydrogen) atoms. The number of aryl methyl sites for hydroxylation is 1. The Bertz CT molecular complexity index is 1340. The lowest BCUT2D eigenvalue weighted by Crippen LogP contribution is -2.10. The minimum atomic E-state index is -4.33. The van der Waals surface area contributed by atoms with Crippen LogP contribution in [0.2, 0.25) is 0 Å². The van der Waals surface area contributed by atoms with Crippen LogP contribution in [0.25, 0.3) is 0 Å². The Hall–Kier alpha value is -3.68. The van der Waals surface area contributed by atoms with Gasteiger partial charge in [0, 0.05) is 5.56 Å². The molecule has 0 atom stereocenters. The van der Waals surface area contributed by atoms with Gasteiger partial charge in [0.1, 0.15) is 21.6 Å². The minimum absolute atomic E-state index is 0.0302. The first kappa shape index (κ1) is 22.0. The molecule has 0 aromatic heterocycles. The smallest absolute Gasteiger partial charge is 0.358 e. The molecule has 0 aliphatic carbocycles. The molecule has 3 aromatic rings. The highest BCUT2D eigenvalue weighted by molar-refractivity contribution is 7.87. The van der Waals surface area contributed by atoms with Crippen molar-refractivity contribution < 1.29 is 25.3 Å². The zero-order chi connectivity index (χ0) is 22.5. The van der Waals surface area contributed by atoms with Gasteiger partial charge in [0.2, 0.25) is 0 Å². The van der Waals surface area contributed by atoms with Crippen molar-refractivity contribution in [1.82, 2.24) is 0 Å². The SMILES string of the molecule is Cc1ccc(S(=O)(=O)Oc2ccc(S(=O)(=O)ON=C(C#N)c3ccccc3)cc2)cc1. The Balaban J connectivity index is 1.76. The molecule has 0 saturated carbocycles. The summed E-state index contributed by atoms with van der Waals surface area (Å²) in [6.07, 6.45) is 0. The minimum Gasteiger partial charge on any atom is -0.379 e. The van der Waals surface area contributed by atoms with Crippen LogP contribution in [0.15, 0.2) is 93.8 Å². The molecule has 0 heterocycles. The standard InChI is InChI=1S/C21H16N2O6S2/c1-16-7-11-19(12-8-16)30(24,25)28-18-9-13-20(14-10-18)31(26,27)29-23-21(15-22)17-5-3-2-4-6-17/h2-14H,1H3. The average Bonchev–Trinajstić information content (AvgIpc) is 2.75. The summed E-state index contributed by atoms with van der Waals surface area (Å²) in [6, 6.07) is 20.7. The summed E-state index contributed by atoms with van der Waals surface area (Å²) >= 11 is 0. The van der Waals surface area contributed by atoms with Crippen LogP contribution in [-0.2, 0) is 24.5 Å². The van der Waals surface area contributed by atoms with Crippen molar-refractivity contribution in [2.75, 3.05) is 0 Å². The predicted octanol–water partition coefficient (Wildman–Crippen LogP) is 3.40. The number of rotatable bonds is 7. The van der Waals surface area contributed by atoms with E-state index in [0.29, 0.717) is 5.56 Å². The number of benzene rings is 3. The van der Waals surface area contributed by atoms with Gasteiger partial charge in [0.15, 0.2) is 5.71 Å². The Kier molecular flexibility index (Phi) is 6.39. The maximum Gasteiger partial charge on any atom is 0.358 e.